The van der Waals surface area contributed by atoms with E-state index in [0.29, 0.717) is 5.92 Å². The summed E-state index contributed by atoms with van der Waals surface area (Å²) in [5.41, 5.74) is 0.477. The lowest BCUT2D eigenvalue weighted by atomic mass is 9.85. The van der Waals surface area contributed by atoms with E-state index in [2.05, 4.69) is 19.0 Å². The first kappa shape index (κ1) is 11.6. The molecule has 1 aliphatic carbocycles. The molecular formula is C14H21NO. The zero-order valence-corrected chi connectivity index (χ0v) is 10.2. The third kappa shape index (κ3) is 2.45. The van der Waals surface area contributed by atoms with E-state index in [0.717, 1.165) is 18.5 Å². The predicted molar refractivity (Wildman–Crippen MR) is 66.2 cm³/mol. The molecule has 2 rings (SSSR count). The van der Waals surface area contributed by atoms with Crippen LogP contribution in [0.25, 0.3) is 0 Å². The van der Waals surface area contributed by atoms with Gasteiger partial charge in [-0.25, -0.2) is 0 Å². The molecule has 0 aromatic heterocycles. The SMILES string of the molecule is CN(C)CCC(O)(c1ccccc1)C1CC1. The Morgan fingerprint density at radius 2 is 1.88 bits per heavy atom. The Bertz CT molecular complexity index is 332. The van der Waals surface area contributed by atoms with Crippen LogP contribution in [0.1, 0.15) is 24.8 Å². The lowest BCUT2D eigenvalue weighted by Gasteiger charge is -2.30. The van der Waals surface area contributed by atoms with Gasteiger partial charge in [-0.05, 0) is 44.8 Å². The van der Waals surface area contributed by atoms with E-state index in [1.165, 1.54) is 12.8 Å². The first-order chi connectivity index (χ1) is 7.63. The normalized spacial score (nSPS) is 19.8. The van der Waals surface area contributed by atoms with Gasteiger partial charge in [-0.2, -0.15) is 0 Å². The summed E-state index contributed by atoms with van der Waals surface area (Å²) in [7, 11) is 4.11. The number of hydrogen-bond donors (Lipinski definition) is 1. The molecule has 16 heavy (non-hydrogen) atoms. The van der Waals surface area contributed by atoms with Gasteiger partial charge in [0.15, 0.2) is 0 Å². The minimum Gasteiger partial charge on any atom is -0.385 e. The number of benzene rings is 1. The van der Waals surface area contributed by atoms with Gasteiger partial charge < -0.3 is 10.0 Å². The van der Waals surface area contributed by atoms with E-state index >= 15 is 0 Å². The highest BCUT2D eigenvalue weighted by atomic mass is 16.3. The van der Waals surface area contributed by atoms with Gasteiger partial charge in [0.2, 0.25) is 0 Å². The topological polar surface area (TPSA) is 23.5 Å². The third-order valence-corrected chi connectivity index (χ3v) is 3.47. The van der Waals surface area contributed by atoms with E-state index in [1.54, 1.807) is 0 Å². The summed E-state index contributed by atoms with van der Waals surface area (Å²) < 4.78 is 0. The maximum absolute atomic E-state index is 10.8. The molecule has 1 aliphatic rings. The van der Waals surface area contributed by atoms with E-state index in [4.69, 9.17) is 0 Å². The molecule has 0 heterocycles. The van der Waals surface area contributed by atoms with E-state index in [9.17, 15) is 5.11 Å². The summed E-state index contributed by atoms with van der Waals surface area (Å²) in [6.45, 7) is 0.932. The first-order valence-electron chi connectivity index (χ1n) is 6.05. The fourth-order valence-electron chi connectivity index (χ4n) is 2.27. The highest BCUT2D eigenvalue weighted by molar-refractivity contribution is 5.24. The van der Waals surface area contributed by atoms with Gasteiger partial charge in [0.25, 0.3) is 0 Å². The van der Waals surface area contributed by atoms with E-state index in [1.807, 2.05) is 30.3 Å². The van der Waals surface area contributed by atoms with Crippen molar-refractivity contribution in [3.8, 4) is 0 Å². The van der Waals surface area contributed by atoms with Crippen molar-refractivity contribution in [1.82, 2.24) is 4.90 Å². The number of nitrogens with zero attached hydrogens (tertiary/aromatic N) is 1. The molecule has 0 radical (unpaired) electrons. The van der Waals surface area contributed by atoms with E-state index < -0.39 is 5.60 Å². The quantitative estimate of drug-likeness (QED) is 0.821. The zero-order chi connectivity index (χ0) is 11.6. The van der Waals surface area contributed by atoms with Crippen LogP contribution in [0.5, 0.6) is 0 Å². The Hall–Kier alpha value is -0.860. The van der Waals surface area contributed by atoms with Crippen molar-refractivity contribution in [1.29, 1.82) is 0 Å². The van der Waals surface area contributed by atoms with Crippen LogP contribution in [0.3, 0.4) is 0 Å². The molecule has 1 unspecified atom stereocenters. The van der Waals surface area contributed by atoms with Crippen LogP contribution >= 0.6 is 0 Å². The second-order valence-electron chi connectivity index (χ2n) is 5.12. The molecule has 2 nitrogen and oxygen atoms in total. The molecule has 1 saturated carbocycles. The van der Waals surface area contributed by atoms with Crippen LogP contribution in [-0.2, 0) is 5.60 Å². The van der Waals surface area contributed by atoms with Crippen LogP contribution in [0.4, 0.5) is 0 Å². The van der Waals surface area contributed by atoms with Crippen molar-refractivity contribution in [3.63, 3.8) is 0 Å². The lowest BCUT2D eigenvalue weighted by Crippen LogP contribution is -2.32. The van der Waals surface area contributed by atoms with Crippen molar-refractivity contribution in [2.75, 3.05) is 20.6 Å². The standard InChI is InChI=1S/C14H21NO/c1-15(2)11-10-14(16,13-8-9-13)12-6-4-3-5-7-12/h3-7,13,16H,8-11H2,1-2H3. The Labute approximate surface area is 97.9 Å². The zero-order valence-electron chi connectivity index (χ0n) is 10.2. The van der Waals surface area contributed by atoms with Gasteiger partial charge in [0.05, 0.1) is 5.60 Å². The van der Waals surface area contributed by atoms with Gasteiger partial charge in [-0.3, -0.25) is 0 Å². The summed E-state index contributed by atoms with van der Waals surface area (Å²) in [4.78, 5) is 2.14. The monoisotopic (exact) mass is 219 g/mol. The summed E-state index contributed by atoms with van der Waals surface area (Å²) in [5.74, 6) is 0.467. The lowest BCUT2D eigenvalue weighted by molar-refractivity contribution is -0.00150. The Morgan fingerprint density at radius 3 is 2.38 bits per heavy atom. The molecule has 88 valence electrons. The molecule has 1 aromatic carbocycles. The molecule has 2 heteroatoms. The van der Waals surface area contributed by atoms with Gasteiger partial charge in [-0.1, -0.05) is 30.3 Å². The molecule has 0 saturated heterocycles. The highest BCUT2D eigenvalue weighted by Gasteiger charge is 2.44. The summed E-state index contributed by atoms with van der Waals surface area (Å²) >= 11 is 0. The van der Waals surface area contributed by atoms with Crippen molar-refractivity contribution in [2.45, 2.75) is 24.9 Å². The molecule has 0 amide bonds. The van der Waals surface area contributed by atoms with Crippen LogP contribution in [0.15, 0.2) is 30.3 Å². The van der Waals surface area contributed by atoms with Gasteiger partial charge in [0.1, 0.15) is 0 Å². The number of hydrogen-bond acceptors (Lipinski definition) is 2. The molecule has 0 bridgehead atoms. The van der Waals surface area contributed by atoms with Crippen molar-refractivity contribution < 1.29 is 5.11 Å². The fraction of sp³-hybridized carbons (Fsp3) is 0.571. The van der Waals surface area contributed by atoms with Crippen LogP contribution in [0, 0.1) is 5.92 Å². The molecule has 1 N–H and O–H groups in total. The predicted octanol–water partition coefficient (Wildman–Crippen LogP) is 2.24. The van der Waals surface area contributed by atoms with Gasteiger partial charge in [0, 0.05) is 6.54 Å². The van der Waals surface area contributed by atoms with Crippen LogP contribution in [0.2, 0.25) is 0 Å². The number of aliphatic hydroxyl groups is 1. The molecule has 1 atom stereocenters. The van der Waals surface area contributed by atoms with Crippen molar-refractivity contribution in [2.24, 2.45) is 5.92 Å². The minimum absolute atomic E-state index is 0.467. The van der Waals surface area contributed by atoms with Gasteiger partial charge >= 0.3 is 0 Å². The van der Waals surface area contributed by atoms with Crippen LogP contribution < -0.4 is 0 Å². The summed E-state index contributed by atoms with van der Waals surface area (Å²) in [6.07, 6.45) is 3.16. The Kier molecular flexibility index (Phi) is 3.31. The van der Waals surface area contributed by atoms with Crippen molar-refractivity contribution >= 4 is 0 Å². The summed E-state index contributed by atoms with van der Waals surface area (Å²) in [6, 6.07) is 10.1. The average Bonchev–Trinajstić information content (AvgIpc) is 3.11. The molecule has 1 aromatic rings. The first-order valence-corrected chi connectivity index (χ1v) is 6.05. The molecule has 1 fully saturated rings. The highest BCUT2D eigenvalue weighted by Crippen LogP contribution is 2.47. The van der Waals surface area contributed by atoms with Crippen LogP contribution in [-0.4, -0.2) is 30.6 Å². The maximum atomic E-state index is 10.8. The Morgan fingerprint density at radius 1 is 1.25 bits per heavy atom. The molecular weight excluding hydrogens is 198 g/mol. The smallest absolute Gasteiger partial charge is 0.0936 e. The second-order valence-corrected chi connectivity index (χ2v) is 5.12. The van der Waals surface area contributed by atoms with Crippen molar-refractivity contribution in [3.05, 3.63) is 35.9 Å². The van der Waals surface area contributed by atoms with Gasteiger partial charge in [-0.15, -0.1) is 0 Å². The fourth-order valence-corrected chi connectivity index (χ4v) is 2.27. The van der Waals surface area contributed by atoms with E-state index in [-0.39, 0.29) is 0 Å². The second kappa shape index (κ2) is 4.56. The Balaban J connectivity index is 2.15. The molecule has 0 aliphatic heterocycles. The summed E-state index contributed by atoms with van der Waals surface area (Å²) in [5, 5.41) is 10.8. The minimum atomic E-state index is -0.606. The largest absolute Gasteiger partial charge is 0.385 e. The average molecular weight is 219 g/mol. The maximum Gasteiger partial charge on any atom is 0.0936 e. The number of rotatable bonds is 5. The third-order valence-electron chi connectivity index (χ3n) is 3.47. The molecule has 0 spiro atoms.